The number of alkyl halides is 1. The summed E-state index contributed by atoms with van der Waals surface area (Å²) in [5.74, 6) is 0.785. The molecule has 0 aliphatic rings. The first-order chi connectivity index (χ1) is 12.2. The van der Waals surface area contributed by atoms with Crippen molar-refractivity contribution in [3.8, 4) is 0 Å². The minimum Gasteiger partial charge on any atom is -0.353 e. The van der Waals surface area contributed by atoms with E-state index in [2.05, 4.69) is 21.4 Å². The second-order valence-electron chi connectivity index (χ2n) is 5.97. The summed E-state index contributed by atoms with van der Waals surface area (Å²) in [4.78, 5) is 20.4. The molecule has 2 aromatic heterocycles. The zero-order valence-electron chi connectivity index (χ0n) is 13.6. The molecule has 4 nitrogen and oxygen atoms in total. The number of aryl methyl sites for hydroxylation is 1. The highest BCUT2D eigenvalue weighted by Crippen LogP contribution is 2.28. The standard InChI is InChI=1S/C20H16ClN3O/c1-12-19-16(15-4-2-3-5-17(15)23-19)10-18(22-12)24-20(25)14-8-6-13(11-21)7-9-14/h2-10,23H,11H2,1H3,(H,22,24,25). The van der Waals surface area contributed by atoms with E-state index in [1.54, 1.807) is 12.1 Å². The van der Waals surface area contributed by atoms with Crippen LogP contribution >= 0.6 is 11.6 Å². The number of benzene rings is 2. The van der Waals surface area contributed by atoms with Crippen molar-refractivity contribution in [3.05, 3.63) is 71.4 Å². The molecule has 1 amide bonds. The van der Waals surface area contributed by atoms with Gasteiger partial charge in [-0.25, -0.2) is 4.98 Å². The Morgan fingerprint density at radius 2 is 1.88 bits per heavy atom. The Morgan fingerprint density at radius 3 is 2.64 bits per heavy atom. The monoisotopic (exact) mass is 349 g/mol. The molecule has 124 valence electrons. The summed E-state index contributed by atoms with van der Waals surface area (Å²) in [6.07, 6.45) is 0. The van der Waals surface area contributed by atoms with E-state index < -0.39 is 0 Å². The highest BCUT2D eigenvalue weighted by atomic mass is 35.5. The van der Waals surface area contributed by atoms with Crippen LogP contribution in [0.1, 0.15) is 21.6 Å². The predicted octanol–water partition coefficient (Wildman–Crippen LogP) is 5.02. The van der Waals surface area contributed by atoms with Crippen molar-refractivity contribution < 1.29 is 4.79 Å². The lowest BCUT2D eigenvalue weighted by Crippen LogP contribution is -2.13. The van der Waals surface area contributed by atoms with Gasteiger partial charge in [-0.05, 0) is 36.8 Å². The number of hydrogen-bond donors (Lipinski definition) is 2. The fraction of sp³-hybridized carbons (Fsp3) is 0.100. The van der Waals surface area contributed by atoms with E-state index in [9.17, 15) is 4.79 Å². The van der Waals surface area contributed by atoms with Gasteiger partial charge in [0.1, 0.15) is 5.82 Å². The third-order valence-electron chi connectivity index (χ3n) is 4.29. The van der Waals surface area contributed by atoms with Crippen molar-refractivity contribution >= 4 is 45.1 Å². The van der Waals surface area contributed by atoms with Gasteiger partial charge in [0, 0.05) is 27.7 Å². The van der Waals surface area contributed by atoms with Gasteiger partial charge in [0.25, 0.3) is 5.91 Å². The molecule has 5 heteroatoms. The second-order valence-corrected chi connectivity index (χ2v) is 6.24. The Hall–Kier alpha value is -2.85. The summed E-state index contributed by atoms with van der Waals surface area (Å²) in [5.41, 5.74) is 4.45. The van der Waals surface area contributed by atoms with E-state index in [0.29, 0.717) is 17.3 Å². The lowest BCUT2D eigenvalue weighted by Gasteiger charge is -2.07. The average Bonchev–Trinajstić information content (AvgIpc) is 3.01. The number of hydrogen-bond acceptors (Lipinski definition) is 2. The summed E-state index contributed by atoms with van der Waals surface area (Å²) in [7, 11) is 0. The first-order valence-electron chi connectivity index (χ1n) is 8.00. The molecule has 0 atom stereocenters. The third-order valence-corrected chi connectivity index (χ3v) is 4.60. The number of para-hydroxylation sites is 1. The number of anilines is 1. The molecule has 0 aliphatic carbocycles. The van der Waals surface area contributed by atoms with E-state index in [1.165, 1.54) is 0 Å². The maximum Gasteiger partial charge on any atom is 0.256 e. The molecule has 4 rings (SSSR count). The normalized spacial score (nSPS) is 11.1. The molecule has 0 bridgehead atoms. The van der Waals surface area contributed by atoms with Gasteiger partial charge in [-0.15, -0.1) is 11.6 Å². The largest absolute Gasteiger partial charge is 0.353 e. The number of pyridine rings is 1. The molecule has 2 aromatic carbocycles. The molecule has 2 heterocycles. The van der Waals surface area contributed by atoms with Gasteiger partial charge in [-0.3, -0.25) is 4.79 Å². The quantitative estimate of drug-likeness (QED) is 0.510. The number of fused-ring (bicyclic) bond motifs is 3. The number of nitrogens with one attached hydrogen (secondary N) is 2. The first-order valence-corrected chi connectivity index (χ1v) is 8.53. The Bertz CT molecular complexity index is 1080. The van der Waals surface area contributed by atoms with Crippen LogP contribution in [-0.4, -0.2) is 15.9 Å². The highest BCUT2D eigenvalue weighted by Gasteiger charge is 2.12. The van der Waals surface area contributed by atoms with E-state index in [4.69, 9.17) is 11.6 Å². The molecule has 4 aromatic rings. The molecule has 0 aliphatic heterocycles. The number of nitrogens with zero attached hydrogens (tertiary/aromatic N) is 1. The summed E-state index contributed by atoms with van der Waals surface area (Å²) < 4.78 is 0. The van der Waals surface area contributed by atoms with Crippen molar-refractivity contribution in [2.75, 3.05) is 5.32 Å². The molecule has 0 unspecified atom stereocenters. The maximum atomic E-state index is 12.5. The lowest BCUT2D eigenvalue weighted by atomic mass is 10.1. The van der Waals surface area contributed by atoms with Crippen LogP contribution in [0.15, 0.2) is 54.6 Å². The van der Waals surface area contributed by atoms with Gasteiger partial charge in [0.15, 0.2) is 0 Å². The van der Waals surface area contributed by atoms with E-state index in [1.807, 2.05) is 43.3 Å². The van der Waals surface area contributed by atoms with Crippen LogP contribution in [0.25, 0.3) is 21.8 Å². The van der Waals surface area contributed by atoms with E-state index in [0.717, 1.165) is 33.1 Å². The number of aromatic amines is 1. The van der Waals surface area contributed by atoms with Gasteiger partial charge in [-0.1, -0.05) is 30.3 Å². The van der Waals surface area contributed by atoms with Crippen LogP contribution in [0.4, 0.5) is 5.82 Å². The van der Waals surface area contributed by atoms with Gasteiger partial charge in [0.05, 0.1) is 11.2 Å². The molecule has 0 fully saturated rings. The summed E-state index contributed by atoms with van der Waals surface area (Å²) in [6.45, 7) is 1.93. The maximum absolute atomic E-state index is 12.5. The second kappa shape index (κ2) is 6.22. The van der Waals surface area contributed by atoms with Crippen LogP contribution in [0.2, 0.25) is 0 Å². The van der Waals surface area contributed by atoms with E-state index >= 15 is 0 Å². The van der Waals surface area contributed by atoms with Crippen LogP contribution in [0.3, 0.4) is 0 Å². The van der Waals surface area contributed by atoms with Crippen molar-refractivity contribution in [1.82, 2.24) is 9.97 Å². The number of H-pyrrole nitrogens is 1. The Kier molecular flexibility index (Phi) is 3.90. The number of rotatable bonds is 3. The van der Waals surface area contributed by atoms with Gasteiger partial charge >= 0.3 is 0 Å². The predicted molar refractivity (Wildman–Crippen MR) is 102 cm³/mol. The van der Waals surface area contributed by atoms with Crippen molar-refractivity contribution in [3.63, 3.8) is 0 Å². The number of amides is 1. The Balaban J connectivity index is 1.71. The van der Waals surface area contributed by atoms with Crippen LogP contribution < -0.4 is 5.32 Å². The highest BCUT2D eigenvalue weighted by molar-refractivity contribution is 6.17. The first kappa shape index (κ1) is 15.7. The average molecular weight is 350 g/mol. The van der Waals surface area contributed by atoms with Crippen molar-refractivity contribution in [2.24, 2.45) is 0 Å². The molecule has 0 spiro atoms. The third kappa shape index (κ3) is 2.85. The van der Waals surface area contributed by atoms with Crippen molar-refractivity contribution in [2.45, 2.75) is 12.8 Å². The summed E-state index contributed by atoms with van der Waals surface area (Å²) in [6, 6.07) is 17.2. The number of carbonyl (C=O) groups is 1. The van der Waals surface area contributed by atoms with Crippen LogP contribution in [0.5, 0.6) is 0 Å². The molecular weight excluding hydrogens is 334 g/mol. The fourth-order valence-electron chi connectivity index (χ4n) is 3.00. The summed E-state index contributed by atoms with van der Waals surface area (Å²) >= 11 is 5.78. The summed E-state index contributed by atoms with van der Waals surface area (Å²) in [5, 5.41) is 5.05. The molecule has 0 saturated carbocycles. The SMILES string of the molecule is Cc1nc(NC(=O)c2ccc(CCl)cc2)cc2c1[nH]c1ccccc12. The van der Waals surface area contributed by atoms with Gasteiger partial charge < -0.3 is 10.3 Å². The number of carbonyl (C=O) groups excluding carboxylic acids is 1. The minimum atomic E-state index is -0.188. The lowest BCUT2D eigenvalue weighted by molar-refractivity contribution is 0.102. The van der Waals surface area contributed by atoms with Gasteiger partial charge in [-0.2, -0.15) is 0 Å². The molecular formula is C20H16ClN3O. The number of aromatic nitrogens is 2. The molecule has 0 saturated heterocycles. The van der Waals surface area contributed by atoms with E-state index in [-0.39, 0.29) is 5.91 Å². The zero-order chi connectivity index (χ0) is 17.4. The van der Waals surface area contributed by atoms with Crippen LogP contribution in [-0.2, 0) is 5.88 Å². The molecule has 25 heavy (non-hydrogen) atoms. The molecule has 0 radical (unpaired) electrons. The zero-order valence-corrected chi connectivity index (χ0v) is 14.4. The van der Waals surface area contributed by atoms with Crippen molar-refractivity contribution in [1.29, 1.82) is 0 Å². The fourth-order valence-corrected chi connectivity index (χ4v) is 3.18. The number of halogens is 1. The Labute approximate surface area is 149 Å². The minimum absolute atomic E-state index is 0.188. The molecule has 2 N–H and O–H groups in total. The van der Waals surface area contributed by atoms with Crippen LogP contribution in [0, 0.1) is 6.92 Å². The topological polar surface area (TPSA) is 57.8 Å². The smallest absolute Gasteiger partial charge is 0.256 e. The Morgan fingerprint density at radius 1 is 1.12 bits per heavy atom. The van der Waals surface area contributed by atoms with Gasteiger partial charge in [0.2, 0.25) is 0 Å².